The molecule has 3 unspecified atom stereocenters. The van der Waals surface area contributed by atoms with E-state index in [1.807, 2.05) is 18.2 Å². The standard InChI is InChI=1S/C15H16Cl2N2/c16-8-14-18-12-3-1-2-11(17)15(12)19(14)13-7-9-4-5-10(13)6-9/h1-3,9-10,13H,4-8H2. The summed E-state index contributed by atoms with van der Waals surface area (Å²) in [6.07, 6.45) is 5.39. The predicted octanol–water partition coefficient (Wildman–Crippen LogP) is 4.79. The molecule has 1 heterocycles. The second-order valence-corrected chi connectivity index (χ2v) is 6.56. The number of hydrogen-bond acceptors (Lipinski definition) is 1. The Hall–Kier alpha value is -0.730. The zero-order valence-electron chi connectivity index (χ0n) is 10.6. The first-order valence-electron chi connectivity index (χ1n) is 6.99. The Kier molecular flexibility index (Phi) is 2.78. The maximum absolute atomic E-state index is 6.41. The molecule has 0 N–H and O–H groups in total. The zero-order chi connectivity index (χ0) is 13.0. The third-order valence-electron chi connectivity index (χ3n) is 4.89. The number of hydrogen-bond donors (Lipinski definition) is 0. The molecule has 0 amide bonds. The number of halogens is 2. The number of aromatic nitrogens is 2. The smallest absolute Gasteiger partial charge is 0.125 e. The summed E-state index contributed by atoms with van der Waals surface area (Å²) in [6.45, 7) is 0. The van der Waals surface area contributed by atoms with Crippen molar-refractivity contribution in [1.82, 2.24) is 9.55 Å². The van der Waals surface area contributed by atoms with Crippen LogP contribution in [0.5, 0.6) is 0 Å². The number of para-hydroxylation sites is 1. The average Bonchev–Trinajstić information content (AvgIpc) is 3.11. The van der Waals surface area contributed by atoms with E-state index in [1.54, 1.807) is 0 Å². The lowest BCUT2D eigenvalue weighted by atomic mass is 9.95. The molecule has 0 aliphatic heterocycles. The van der Waals surface area contributed by atoms with E-state index < -0.39 is 0 Å². The topological polar surface area (TPSA) is 17.8 Å². The van der Waals surface area contributed by atoms with Gasteiger partial charge in [0.1, 0.15) is 5.82 Å². The van der Waals surface area contributed by atoms with Gasteiger partial charge in [-0.05, 0) is 43.2 Å². The van der Waals surface area contributed by atoms with Crippen LogP contribution in [0.25, 0.3) is 11.0 Å². The van der Waals surface area contributed by atoms with Crippen LogP contribution in [0.1, 0.15) is 37.5 Å². The highest BCUT2D eigenvalue weighted by Crippen LogP contribution is 2.52. The Morgan fingerprint density at radius 3 is 2.84 bits per heavy atom. The molecule has 100 valence electrons. The van der Waals surface area contributed by atoms with Crippen molar-refractivity contribution in [2.75, 3.05) is 0 Å². The van der Waals surface area contributed by atoms with Gasteiger partial charge in [-0.3, -0.25) is 0 Å². The van der Waals surface area contributed by atoms with Gasteiger partial charge in [-0.25, -0.2) is 4.98 Å². The number of nitrogens with zero attached hydrogens (tertiary/aromatic N) is 2. The van der Waals surface area contributed by atoms with E-state index in [1.165, 1.54) is 25.7 Å². The van der Waals surface area contributed by atoms with E-state index in [0.717, 1.165) is 33.7 Å². The molecule has 2 aliphatic carbocycles. The zero-order valence-corrected chi connectivity index (χ0v) is 12.2. The molecular formula is C15H16Cl2N2. The number of imidazole rings is 1. The molecule has 2 saturated carbocycles. The van der Waals surface area contributed by atoms with Crippen LogP contribution in [0.15, 0.2) is 18.2 Å². The molecule has 4 rings (SSSR count). The number of rotatable bonds is 2. The monoisotopic (exact) mass is 294 g/mol. The van der Waals surface area contributed by atoms with Crippen molar-refractivity contribution in [2.45, 2.75) is 37.6 Å². The van der Waals surface area contributed by atoms with Crippen molar-refractivity contribution in [3.05, 3.63) is 29.0 Å². The van der Waals surface area contributed by atoms with Crippen LogP contribution in [0, 0.1) is 11.8 Å². The lowest BCUT2D eigenvalue weighted by molar-refractivity contribution is 0.331. The molecule has 2 aromatic rings. The summed E-state index contributed by atoms with van der Waals surface area (Å²) < 4.78 is 2.34. The number of fused-ring (bicyclic) bond motifs is 3. The summed E-state index contributed by atoms with van der Waals surface area (Å²) in [4.78, 5) is 4.67. The predicted molar refractivity (Wildman–Crippen MR) is 78.8 cm³/mol. The van der Waals surface area contributed by atoms with Gasteiger partial charge < -0.3 is 4.57 Å². The molecule has 2 nitrogen and oxygen atoms in total. The molecular weight excluding hydrogens is 279 g/mol. The quantitative estimate of drug-likeness (QED) is 0.728. The Labute approximate surface area is 122 Å². The average molecular weight is 295 g/mol. The fourth-order valence-corrected chi connectivity index (χ4v) is 4.58. The molecule has 3 atom stereocenters. The molecule has 0 spiro atoms. The Morgan fingerprint density at radius 2 is 2.16 bits per heavy atom. The third kappa shape index (κ3) is 1.73. The largest absolute Gasteiger partial charge is 0.322 e. The summed E-state index contributed by atoms with van der Waals surface area (Å²) in [6, 6.07) is 6.49. The van der Waals surface area contributed by atoms with Gasteiger partial charge in [0.15, 0.2) is 0 Å². The minimum absolute atomic E-state index is 0.457. The second-order valence-electron chi connectivity index (χ2n) is 5.88. The van der Waals surface area contributed by atoms with Gasteiger partial charge in [0.2, 0.25) is 0 Å². The first kappa shape index (κ1) is 12.0. The van der Waals surface area contributed by atoms with Gasteiger partial charge in [-0.2, -0.15) is 0 Å². The molecule has 2 aliphatic rings. The van der Waals surface area contributed by atoms with Crippen LogP contribution in [0.2, 0.25) is 5.02 Å². The Bertz CT molecular complexity index is 634. The molecule has 1 aromatic carbocycles. The van der Waals surface area contributed by atoms with Crippen LogP contribution >= 0.6 is 23.2 Å². The second kappa shape index (κ2) is 4.39. The van der Waals surface area contributed by atoms with E-state index in [-0.39, 0.29) is 0 Å². The van der Waals surface area contributed by atoms with Crippen LogP contribution in [0.4, 0.5) is 0 Å². The minimum Gasteiger partial charge on any atom is -0.322 e. The molecule has 1 aromatic heterocycles. The van der Waals surface area contributed by atoms with Gasteiger partial charge in [-0.15, -0.1) is 11.6 Å². The maximum atomic E-state index is 6.41. The molecule has 0 saturated heterocycles. The molecule has 19 heavy (non-hydrogen) atoms. The first-order chi connectivity index (χ1) is 9.28. The van der Waals surface area contributed by atoms with Crippen molar-refractivity contribution in [3.63, 3.8) is 0 Å². The highest BCUT2D eigenvalue weighted by molar-refractivity contribution is 6.35. The summed E-state index contributed by atoms with van der Waals surface area (Å²) >= 11 is 12.5. The normalized spacial score (nSPS) is 29.5. The van der Waals surface area contributed by atoms with Crippen LogP contribution in [0.3, 0.4) is 0 Å². The fourth-order valence-electron chi connectivity index (χ4n) is 4.13. The van der Waals surface area contributed by atoms with Crippen molar-refractivity contribution in [1.29, 1.82) is 0 Å². The van der Waals surface area contributed by atoms with Crippen molar-refractivity contribution in [3.8, 4) is 0 Å². The van der Waals surface area contributed by atoms with Gasteiger partial charge >= 0.3 is 0 Å². The first-order valence-corrected chi connectivity index (χ1v) is 7.90. The Balaban J connectivity index is 1.92. The number of benzene rings is 1. The number of alkyl halides is 1. The van der Waals surface area contributed by atoms with Gasteiger partial charge in [0, 0.05) is 6.04 Å². The Morgan fingerprint density at radius 1 is 1.26 bits per heavy atom. The minimum atomic E-state index is 0.457. The van der Waals surface area contributed by atoms with Crippen molar-refractivity contribution in [2.24, 2.45) is 11.8 Å². The summed E-state index contributed by atoms with van der Waals surface area (Å²) in [5.74, 6) is 3.12. The molecule has 2 fully saturated rings. The van der Waals surface area contributed by atoms with Gasteiger partial charge in [0.25, 0.3) is 0 Å². The fraction of sp³-hybridized carbons (Fsp3) is 0.533. The van der Waals surface area contributed by atoms with Crippen LogP contribution in [-0.4, -0.2) is 9.55 Å². The van der Waals surface area contributed by atoms with Crippen molar-refractivity contribution < 1.29 is 0 Å². The van der Waals surface area contributed by atoms with Gasteiger partial charge in [0.05, 0.1) is 21.9 Å². The SMILES string of the molecule is ClCc1nc2cccc(Cl)c2n1C1CC2CCC1C2. The van der Waals surface area contributed by atoms with E-state index in [4.69, 9.17) is 23.2 Å². The summed E-state index contributed by atoms with van der Waals surface area (Å²) in [7, 11) is 0. The van der Waals surface area contributed by atoms with E-state index in [2.05, 4.69) is 9.55 Å². The lowest BCUT2D eigenvalue weighted by Crippen LogP contribution is -2.18. The van der Waals surface area contributed by atoms with Gasteiger partial charge in [-0.1, -0.05) is 24.1 Å². The van der Waals surface area contributed by atoms with Crippen LogP contribution < -0.4 is 0 Å². The molecule has 4 heteroatoms. The van der Waals surface area contributed by atoms with Crippen molar-refractivity contribution >= 4 is 34.2 Å². The highest BCUT2D eigenvalue weighted by atomic mass is 35.5. The van der Waals surface area contributed by atoms with E-state index in [9.17, 15) is 0 Å². The third-order valence-corrected chi connectivity index (χ3v) is 5.43. The summed E-state index contributed by atoms with van der Waals surface area (Å²) in [5.41, 5.74) is 2.06. The lowest BCUT2D eigenvalue weighted by Gasteiger charge is -2.25. The summed E-state index contributed by atoms with van der Waals surface area (Å²) in [5, 5.41) is 0.796. The maximum Gasteiger partial charge on any atom is 0.125 e. The van der Waals surface area contributed by atoms with E-state index in [0.29, 0.717) is 11.9 Å². The van der Waals surface area contributed by atoms with E-state index >= 15 is 0 Å². The molecule has 2 bridgehead atoms. The van der Waals surface area contributed by atoms with Crippen LogP contribution in [-0.2, 0) is 5.88 Å². The highest BCUT2D eigenvalue weighted by Gasteiger charge is 2.41. The molecule has 0 radical (unpaired) electrons.